The fourth-order valence-electron chi connectivity index (χ4n) is 2.10. The lowest BCUT2D eigenvalue weighted by Crippen LogP contribution is -1.93. The maximum absolute atomic E-state index is 10.7. The summed E-state index contributed by atoms with van der Waals surface area (Å²) >= 11 is 0. The van der Waals surface area contributed by atoms with E-state index in [1.165, 1.54) is 24.3 Å². The van der Waals surface area contributed by atoms with Crippen LogP contribution >= 0.6 is 0 Å². The molecule has 0 aliphatic heterocycles. The molecular formula is C18H12O6. The van der Waals surface area contributed by atoms with Gasteiger partial charge in [-0.2, -0.15) is 0 Å². The van der Waals surface area contributed by atoms with Gasteiger partial charge < -0.3 is 19.0 Å². The van der Waals surface area contributed by atoms with Crippen LogP contribution in [0.3, 0.4) is 0 Å². The molecule has 0 amide bonds. The van der Waals surface area contributed by atoms with Gasteiger partial charge in [0.25, 0.3) is 0 Å². The Morgan fingerprint density at radius 3 is 1.38 bits per heavy atom. The lowest BCUT2D eigenvalue weighted by Gasteiger charge is -1.94. The summed E-state index contributed by atoms with van der Waals surface area (Å²) in [5, 5.41) is 19.7. The van der Waals surface area contributed by atoms with Gasteiger partial charge in [-0.15, -0.1) is 0 Å². The molecule has 0 atom stereocenters. The first-order valence-corrected chi connectivity index (χ1v) is 6.97. The summed E-state index contributed by atoms with van der Waals surface area (Å²) in [6.07, 6.45) is 0. The minimum Gasteiger partial charge on any atom is -0.508 e. The molecule has 24 heavy (non-hydrogen) atoms. The first-order chi connectivity index (χ1) is 11.5. The van der Waals surface area contributed by atoms with Crippen LogP contribution in [0.1, 0.15) is 0 Å². The molecule has 120 valence electrons. The van der Waals surface area contributed by atoms with Crippen LogP contribution < -0.4 is 11.3 Å². The van der Waals surface area contributed by atoms with E-state index in [0.717, 1.165) is 10.8 Å². The maximum atomic E-state index is 10.7. The predicted octanol–water partition coefficient (Wildman–Crippen LogP) is 3.00. The van der Waals surface area contributed by atoms with Crippen molar-refractivity contribution in [3.8, 4) is 11.5 Å². The van der Waals surface area contributed by atoms with E-state index in [9.17, 15) is 9.59 Å². The zero-order chi connectivity index (χ0) is 17.1. The quantitative estimate of drug-likeness (QED) is 0.482. The van der Waals surface area contributed by atoms with Gasteiger partial charge in [-0.25, -0.2) is 9.59 Å². The van der Waals surface area contributed by atoms with E-state index in [4.69, 9.17) is 19.0 Å². The van der Waals surface area contributed by atoms with E-state index in [-0.39, 0.29) is 11.5 Å². The van der Waals surface area contributed by atoms with Crippen molar-refractivity contribution in [2.24, 2.45) is 0 Å². The summed E-state index contributed by atoms with van der Waals surface area (Å²) in [5.74, 6) is 0.189. The molecule has 0 saturated heterocycles. The Bertz CT molecular complexity index is 1030. The molecule has 0 spiro atoms. The summed E-state index contributed by atoms with van der Waals surface area (Å²) in [5.41, 5.74) is -0.00815. The third kappa shape index (κ3) is 3.44. The monoisotopic (exact) mass is 324 g/mol. The maximum Gasteiger partial charge on any atom is 0.336 e. The second-order valence-corrected chi connectivity index (χ2v) is 4.95. The van der Waals surface area contributed by atoms with Gasteiger partial charge >= 0.3 is 11.3 Å². The Kier molecular flexibility index (Phi) is 4.03. The summed E-state index contributed by atoms with van der Waals surface area (Å²) in [4.78, 5) is 21.5. The lowest BCUT2D eigenvalue weighted by molar-refractivity contribution is 0.472. The summed E-state index contributed by atoms with van der Waals surface area (Å²) < 4.78 is 9.65. The number of phenols is 2. The van der Waals surface area contributed by atoms with Gasteiger partial charge in [0.15, 0.2) is 0 Å². The highest BCUT2D eigenvalue weighted by molar-refractivity contribution is 5.78. The third-order valence-electron chi connectivity index (χ3n) is 3.21. The molecule has 0 fully saturated rings. The lowest BCUT2D eigenvalue weighted by atomic mass is 10.2. The Balaban J connectivity index is 0.000000141. The Labute approximate surface area is 134 Å². The van der Waals surface area contributed by atoms with Gasteiger partial charge in [0.2, 0.25) is 0 Å². The van der Waals surface area contributed by atoms with Crippen LogP contribution in [0.5, 0.6) is 11.5 Å². The van der Waals surface area contributed by atoms with Crippen LogP contribution in [-0.2, 0) is 0 Å². The summed E-state index contributed by atoms with van der Waals surface area (Å²) in [7, 11) is 0. The topological polar surface area (TPSA) is 101 Å². The molecule has 6 heteroatoms. The van der Waals surface area contributed by atoms with Crippen LogP contribution in [0.15, 0.2) is 79.1 Å². The fourth-order valence-corrected chi connectivity index (χ4v) is 2.10. The molecule has 0 radical (unpaired) electrons. The molecule has 2 aromatic heterocycles. The highest BCUT2D eigenvalue weighted by atomic mass is 16.4. The minimum atomic E-state index is -0.409. The average Bonchev–Trinajstić information content (AvgIpc) is 2.54. The van der Waals surface area contributed by atoms with Crippen LogP contribution in [-0.4, -0.2) is 10.2 Å². The van der Waals surface area contributed by atoms with Crippen LogP contribution in [0.4, 0.5) is 0 Å². The number of phenolic OH excluding ortho intramolecular Hbond substituents is 2. The highest BCUT2D eigenvalue weighted by Gasteiger charge is 1.97. The van der Waals surface area contributed by atoms with Crippen LogP contribution in [0, 0.1) is 0 Å². The molecule has 4 rings (SSSR count). The van der Waals surface area contributed by atoms with Crippen molar-refractivity contribution in [1.82, 2.24) is 0 Å². The van der Waals surface area contributed by atoms with Crippen molar-refractivity contribution in [2.45, 2.75) is 0 Å². The number of fused-ring (bicyclic) bond motifs is 2. The van der Waals surface area contributed by atoms with Crippen molar-refractivity contribution in [1.29, 1.82) is 0 Å². The van der Waals surface area contributed by atoms with E-state index in [1.54, 1.807) is 36.4 Å². The molecule has 2 aromatic carbocycles. The second kappa shape index (κ2) is 6.29. The van der Waals surface area contributed by atoms with Gasteiger partial charge in [-0.05, 0) is 36.4 Å². The Morgan fingerprint density at radius 2 is 0.958 bits per heavy atom. The zero-order valence-electron chi connectivity index (χ0n) is 12.3. The molecule has 0 aliphatic rings. The first-order valence-electron chi connectivity index (χ1n) is 6.97. The van der Waals surface area contributed by atoms with Crippen molar-refractivity contribution in [3.63, 3.8) is 0 Å². The highest BCUT2D eigenvalue weighted by Crippen LogP contribution is 2.18. The van der Waals surface area contributed by atoms with Gasteiger partial charge in [0.05, 0.1) is 0 Å². The number of hydrogen-bond donors (Lipinski definition) is 2. The Hall–Kier alpha value is -3.54. The van der Waals surface area contributed by atoms with E-state index in [2.05, 4.69) is 0 Å². The molecule has 2 heterocycles. The van der Waals surface area contributed by atoms with Gasteiger partial charge in [-0.1, -0.05) is 0 Å². The molecule has 0 saturated carbocycles. The largest absolute Gasteiger partial charge is 0.508 e. The van der Waals surface area contributed by atoms with E-state index in [1.807, 2.05) is 0 Å². The van der Waals surface area contributed by atoms with Gasteiger partial charge in [0, 0.05) is 35.0 Å². The van der Waals surface area contributed by atoms with E-state index >= 15 is 0 Å². The smallest absolute Gasteiger partial charge is 0.336 e. The summed E-state index contributed by atoms with van der Waals surface area (Å²) in [6, 6.07) is 15.3. The molecule has 0 bridgehead atoms. The second-order valence-electron chi connectivity index (χ2n) is 4.95. The van der Waals surface area contributed by atoms with Gasteiger partial charge in [-0.3, -0.25) is 0 Å². The van der Waals surface area contributed by atoms with Crippen LogP contribution in [0.25, 0.3) is 21.9 Å². The van der Waals surface area contributed by atoms with Crippen molar-refractivity contribution >= 4 is 21.9 Å². The minimum absolute atomic E-state index is 0.0943. The van der Waals surface area contributed by atoms with Crippen molar-refractivity contribution < 1.29 is 19.0 Å². The normalized spacial score (nSPS) is 10.3. The molecule has 6 nitrogen and oxygen atoms in total. The Morgan fingerprint density at radius 1 is 0.583 bits per heavy atom. The van der Waals surface area contributed by atoms with Gasteiger partial charge in [0.1, 0.15) is 22.7 Å². The molecule has 0 unspecified atom stereocenters. The fraction of sp³-hybridized carbons (Fsp3) is 0. The molecule has 2 N–H and O–H groups in total. The van der Waals surface area contributed by atoms with Crippen molar-refractivity contribution in [2.75, 3.05) is 0 Å². The number of benzene rings is 2. The molecule has 0 aliphatic carbocycles. The SMILES string of the molecule is O=c1ccc2ccc(O)cc2o1.O=c1ccc2ccc(O)cc2o1. The predicted molar refractivity (Wildman–Crippen MR) is 88.3 cm³/mol. The summed E-state index contributed by atoms with van der Waals surface area (Å²) in [6.45, 7) is 0. The first kappa shape index (κ1) is 15.4. The van der Waals surface area contributed by atoms with E-state index in [0.29, 0.717) is 11.2 Å². The third-order valence-corrected chi connectivity index (χ3v) is 3.21. The number of hydrogen-bond acceptors (Lipinski definition) is 6. The molecule has 4 aromatic rings. The standard InChI is InChI=1S/2C9H6O3/c2*10-7-3-1-6-2-4-9(11)12-8(6)5-7/h2*1-5,10H. The zero-order valence-corrected chi connectivity index (χ0v) is 12.3. The average molecular weight is 324 g/mol. The van der Waals surface area contributed by atoms with Crippen LogP contribution in [0.2, 0.25) is 0 Å². The van der Waals surface area contributed by atoms with E-state index < -0.39 is 11.3 Å². The number of aromatic hydroxyl groups is 2. The van der Waals surface area contributed by atoms with Crippen molar-refractivity contribution in [3.05, 3.63) is 81.5 Å². The number of rotatable bonds is 0. The molecular weight excluding hydrogens is 312 g/mol.